The highest BCUT2D eigenvalue weighted by Crippen LogP contribution is 2.21. The van der Waals surface area contributed by atoms with E-state index in [1.165, 1.54) is 10.7 Å². The molecule has 0 bridgehead atoms. The molecule has 94 valence electrons. The molecule has 2 aromatic heterocycles. The summed E-state index contributed by atoms with van der Waals surface area (Å²) in [5.41, 5.74) is 1.78. The van der Waals surface area contributed by atoms with Gasteiger partial charge in [-0.1, -0.05) is 0 Å². The maximum atomic E-state index is 10.8. The predicted octanol–water partition coefficient (Wildman–Crippen LogP) is 2.83. The molecule has 0 fully saturated rings. The molecule has 0 spiro atoms. The zero-order valence-electron chi connectivity index (χ0n) is 9.85. The van der Waals surface area contributed by atoms with Crippen molar-refractivity contribution in [3.05, 3.63) is 60.6 Å². The number of hydrogen-bond acceptors (Lipinski definition) is 3. The Kier molecular flexibility index (Phi) is 2.64. The Morgan fingerprint density at radius 3 is 2.53 bits per heavy atom. The number of hydrogen-bond donors (Lipinski definition) is 1. The molecule has 3 aromatic rings. The van der Waals surface area contributed by atoms with Crippen LogP contribution in [0.3, 0.4) is 0 Å². The summed E-state index contributed by atoms with van der Waals surface area (Å²) in [5.74, 6) is -0.246. The van der Waals surface area contributed by atoms with Crippen molar-refractivity contribution in [3.8, 4) is 17.0 Å². The summed E-state index contributed by atoms with van der Waals surface area (Å²) in [5, 5.41) is 12.8. The van der Waals surface area contributed by atoms with E-state index >= 15 is 0 Å². The van der Waals surface area contributed by atoms with Gasteiger partial charge in [0.15, 0.2) is 5.69 Å². The largest absolute Gasteiger partial charge is 0.476 e. The lowest BCUT2D eigenvalue weighted by Crippen LogP contribution is -2.00. The number of aromatic carboxylic acids is 1. The van der Waals surface area contributed by atoms with Crippen LogP contribution in [-0.4, -0.2) is 20.9 Å². The molecule has 0 aliphatic rings. The molecule has 0 unspecified atom stereocenters. The number of carbonyl (C=O) groups is 1. The van der Waals surface area contributed by atoms with Crippen LogP contribution in [0.5, 0.6) is 0 Å². The van der Waals surface area contributed by atoms with E-state index in [0.717, 1.165) is 17.0 Å². The fourth-order valence-electron chi connectivity index (χ4n) is 1.80. The number of furan rings is 1. The van der Waals surface area contributed by atoms with Crippen LogP contribution in [-0.2, 0) is 0 Å². The van der Waals surface area contributed by atoms with E-state index in [1.807, 2.05) is 36.4 Å². The fourth-order valence-corrected chi connectivity index (χ4v) is 1.80. The number of benzene rings is 1. The molecule has 0 saturated carbocycles. The predicted molar refractivity (Wildman–Crippen MR) is 68.2 cm³/mol. The van der Waals surface area contributed by atoms with Gasteiger partial charge in [0, 0.05) is 11.8 Å². The molecule has 2 heterocycles. The van der Waals surface area contributed by atoms with Crippen LogP contribution in [0.2, 0.25) is 0 Å². The highest BCUT2D eigenvalue weighted by atomic mass is 16.4. The Morgan fingerprint density at radius 1 is 1.16 bits per heavy atom. The van der Waals surface area contributed by atoms with Gasteiger partial charge in [-0.05, 0) is 42.5 Å². The van der Waals surface area contributed by atoms with Gasteiger partial charge in [-0.25, -0.2) is 9.48 Å². The third-order valence-corrected chi connectivity index (χ3v) is 2.75. The Balaban J connectivity index is 1.91. The van der Waals surface area contributed by atoms with Crippen LogP contribution in [0.4, 0.5) is 0 Å². The molecule has 0 amide bonds. The molecule has 5 heteroatoms. The summed E-state index contributed by atoms with van der Waals surface area (Å²) in [6, 6.07) is 12.7. The second-order valence-corrected chi connectivity index (χ2v) is 3.97. The average molecular weight is 254 g/mol. The lowest BCUT2D eigenvalue weighted by atomic mass is 10.1. The standard InChI is InChI=1S/C14H10N2O3/c17-14(18)12-7-8-16(15-12)11-5-3-10(4-6-11)13-2-1-9-19-13/h1-9H,(H,17,18). The lowest BCUT2D eigenvalue weighted by molar-refractivity contribution is 0.0690. The molecule has 19 heavy (non-hydrogen) atoms. The molecule has 0 aliphatic carbocycles. The molecular weight excluding hydrogens is 244 g/mol. The van der Waals surface area contributed by atoms with Gasteiger partial charge in [0.2, 0.25) is 0 Å². The van der Waals surface area contributed by atoms with Gasteiger partial charge in [0.1, 0.15) is 5.76 Å². The van der Waals surface area contributed by atoms with Crippen LogP contribution in [0.1, 0.15) is 10.5 Å². The second-order valence-electron chi connectivity index (χ2n) is 3.97. The van der Waals surface area contributed by atoms with Crippen LogP contribution in [0.15, 0.2) is 59.3 Å². The summed E-state index contributed by atoms with van der Waals surface area (Å²) < 4.78 is 6.82. The van der Waals surface area contributed by atoms with Gasteiger partial charge in [-0.15, -0.1) is 0 Å². The number of carboxylic acid groups (broad SMARTS) is 1. The Morgan fingerprint density at radius 2 is 1.95 bits per heavy atom. The van der Waals surface area contributed by atoms with Crippen molar-refractivity contribution < 1.29 is 14.3 Å². The van der Waals surface area contributed by atoms with Crippen LogP contribution < -0.4 is 0 Å². The van der Waals surface area contributed by atoms with Crippen molar-refractivity contribution in [2.45, 2.75) is 0 Å². The molecule has 0 aliphatic heterocycles. The van der Waals surface area contributed by atoms with Crippen LogP contribution in [0, 0.1) is 0 Å². The zero-order chi connectivity index (χ0) is 13.2. The van der Waals surface area contributed by atoms with Crippen molar-refractivity contribution in [3.63, 3.8) is 0 Å². The monoisotopic (exact) mass is 254 g/mol. The molecule has 1 N–H and O–H groups in total. The normalized spacial score (nSPS) is 10.5. The molecular formula is C14H10N2O3. The summed E-state index contributed by atoms with van der Waals surface area (Å²) >= 11 is 0. The van der Waals surface area contributed by atoms with Crippen molar-refractivity contribution in [2.75, 3.05) is 0 Å². The first kappa shape index (κ1) is 11.3. The first-order valence-corrected chi connectivity index (χ1v) is 5.67. The summed E-state index contributed by atoms with van der Waals surface area (Å²) in [4.78, 5) is 10.8. The third-order valence-electron chi connectivity index (χ3n) is 2.75. The number of rotatable bonds is 3. The zero-order valence-corrected chi connectivity index (χ0v) is 9.85. The smallest absolute Gasteiger partial charge is 0.356 e. The van der Waals surface area contributed by atoms with Gasteiger partial charge in [-0.2, -0.15) is 5.10 Å². The minimum absolute atomic E-state index is 0.0233. The van der Waals surface area contributed by atoms with Crippen LogP contribution >= 0.6 is 0 Å². The highest BCUT2D eigenvalue weighted by molar-refractivity contribution is 5.85. The van der Waals surface area contributed by atoms with Gasteiger partial charge >= 0.3 is 5.97 Å². The molecule has 0 atom stereocenters. The lowest BCUT2D eigenvalue weighted by Gasteiger charge is -2.02. The molecule has 5 nitrogen and oxygen atoms in total. The van der Waals surface area contributed by atoms with E-state index in [-0.39, 0.29) is 5.69 Å². The van der Waals surface area contributed by atoms with Gasteiger partial charge in [-0.3, -0.25) is 0 Å². The van der Waals surface area contributed by atoms with Crippen molar-refractivity contribution in [1.82, 2.24) is 9.78 Å². The maximum Gasteiger partial charge on any atom is 0.356 e. The third kappa shape index (κ3) is 2.13. The number of aromatic nitrogens is 2. The van der Waals surface area contributed by atoms with E-state index in [4.69, 9.17) is 9.52 Å². The van der Waals surface area contributed by atoms with Gasteiger partial charge < -0.3 is 9.52 Å². The van der Waals surface area contributed by atoms with E-state index < -0.39 is 5.97 Å². The minimum Gasteiger partial charge on any atom is -0.476 e. The minimum atomic E-state index is -1.04. The van der Waals surface area contributed by atoms with Gasteiger partial charge in [0.05, 0.1) is 12.0 Å². The maximum absolute atomic E-state index is 10.8. The Hall–Kier alpha value is -2.82. The van der Waals surface area contributed by atoms with E-state index in [9.17, 15) is 4.79 Å². The molecule has 3 rings (SSSR count). The average Bonchev–Trinajstić information content (AvgIpc) is 3.11. The first-order valence-electron chi connectivity index (χ1n) is 5.67. The molecule has 0 saturated heterocycles. The molecule has 1 aromatic carbocycles. The quantitative estimate of drug-likeness (QED) is 0.780. The topological polar surface area (TPSA) is 68.3 Å². The summed E-state index contributed by atoms with van der Waals surface area (Å²) in [7, 11) is 0. The summed E-state index contributed by atoms with van der Waals surface area (Å²) in [6.45, 7) is 0. The highest BCUT2D eigenvalue weighted by Gasteiger charge is 2.08. The van der Waals surface area contributed by atoms with Gasteiger partial charge in [0.25, 0.3) is 0 Å². The summed E-state index contributed by atoms with van der Waals surface area (Å²) in [6.07, 6.45) is 3.24. The van der Waals surface area contributed by atoms with Crippen molar-refractivity contribution >= 4 is 5.97 Å². The Bertz CT molecular complexity index is 697. The van der Waals surface area contributed by atoms with E-state index in [0.29, 0.717) is 0 Å². The number of nitrogens with zero attached hydrogens (tertiary/aromatic N) is 2. The first-order chi connectivity index (χ1) is 9.24. The number of carboxylic acids is 1. The van der Waals surface area contributed by atoms with E-state index in [2.05, 4.69) is 5.10 Å². The second kappa shape index (κ2) is 4.45. The Labute approximate surface area is 108 Å². The van der Waals surface area contributed by atoms with E-state index in [1.54, 1.807) is 12.5 Å². The molecule has 0 radical (unpaired) electrons. The SMILES string of the molecule is O=C(O)c1ccn(-c2ccc(-c3ccco3)cc2)n1. The van der Waals surface area contributed by atoms with Crippen molar-refractivity contribution in [2.24, 2.45) is 0 Å². The van der Waals surface area contributed by atoms with Crippen LogP contribution in [0.25, 0.3) is 17.0 Å². The fraction of sp³-hybridized carbons (Fsp3) is 0. The van der Waals surface area contributed by atoms with Crippen molar-refractivity contribution in [1.29, 1.82) is 0 Å².